The molecule has 0 fully saturated rings. The summed E-state index contributed by atoms with van der Waals surface area (Å²) in [5.74, 6) is 1.55. The number of hydrogen-bond acceptors (Lipinski definition) is 4. The van der Waals surface area contributed by atoms with Gasteiger partial charge in [0.15, 0.2) is 0 Å². The zero-order valence-electron chi connectivity index (χ0n) is 13.4. The quantitative estimate of drug-likeness (QED) is 0.678. The van der Waals surface area contributed by atoms with Gasteiger partial charge >= 0.3 is 0 Å². The van der Waals surface area contributed by atoms with Gasteiger partial charge in [-0.05, 0) is 36.4 Å². The monoisotopic (exact) mass is 338 g/mol. The highest BCUT2D eigenvalue weighted by Crippen LogP contribution is 2.23. The van der Waals surface area contributed by atoms with Crippen LogP contribution in [0.5, 0.6) is 5.75 Å². The number of anilines is 1. The molecule has 122 valence electrons. The number of nitrogens with zero attached hydrogens (tertiary/aromatic N) is 1. The molecule has 1 N–H and O–H groups in total. The lowest BCUT2D eigenvalue weighted by atomic mass is 10.2. The number of ether oxygens (including phenoxy) is 1. The van der Waals surface area contributed by atoms with E-state index in [2.05, 4.69) is 10.3 Å². The van der Waals surface area contributed by atoms with Gasteiger partial charge in [0.2, 0.25) is 5.91 Å². The predicted octanol–water partition coefficient (Wildman–Crippen LogP) is 4.36. The Labute approximate surface area is 145 Å². The number of carbonyl (C=O) groups excluding carboxylic acids is 1. The van der Waals surface area contributed by atoms with Crippen LogP contribution in [-0.4, -0.2) is 23.8 Å². The van der Waals surface area contributed by atoms with Crippen LogP contribution in [-0.2, 0) is 4.79 Å². The van der Waals surface area contributed by atoms with Crippen molar-refractivity contribution in [1.82, 2.24) is 4.98 Å². The topological polar surface area (TPSA) is 51.2 Å². The average molecular weight is 338 g/mol. The second-order valence-corrected chi connectivity index (χ2v) is 6.37. The number of hydrogen-bond donors (Lipinski definition) is 1. The predicted molar refractivity (Wildman–Crippen MR) is 98.7 cm³/mol. The van der Waals surface area contributed by atoms with Crippen molar-refractivity contribution in [3.63, 3.8) is 0 Å². The summed E-state index contributed by atoms with van der Waals surface area (Å²) in [7, 11) is 1.65. The summed E-state index contributed by atoms with van der Waals surface area (Å²) >= 11 is 1.65. The van der Waals surface area contributed by atoms with Crippen molar-refractivity contribution in [2.24, 2.45) is 0 Å². The van der Waals surface area contributed by atoms with Crippen molar-refractivity contribution in [2.45, 2.75) is 11.3 Å². The molecule has 1 heterocycles. The van der Waals surface area contributed by atoms with Gasteiger partial charge < -0.3 is 10.1 Å². The Morgan fingerprint density at radius 3 is 2.71 bits per heavy atom. The molecule has 0 aliphatic rings. The van der Waals surface area contributed by atoms with E-state index in [-0.39, 0.29) is 5.91 Å². The highest BCUT2D eigenvalue weighted by molar-refractivity contribution is 7.99. The first-order valence-corrected chi connectivity index (χ1v) is 8.65. The van der Waals surface area contributed by atoms with E-state index in [0.717, 1.165) is 33.0 Å². The van der Waals surface area contributed by atoms with E-state index in [4.69, 9.17) is 4.74 Å². The molecular formula is C19H18N2O2S. The van der Waals surface area contributed by atoms with Crippen LogP contribution in [0.1, 0.15) is 6.42 Å². The molecule has 3 rings (SSSR count). The lowest BCUT2D eigenvalue weighted by Gasteiger charge is -2.08. The van der Waals surface area contributed by atoms with Crippen molar-refractivity contribution in [1.29, 1.82) is 0 Å². The van der Waals surface area contributed by atoms with E-state index in [1.807, 2.05) is 54.6 Å². The van der Waals surface area contributed by atoms with E-state index in [1.54, 1.807) is 25.1 Å². The zero-order chi connectivity index (χ0) is 16.8. The number of aromatic nitrogens is 1. The van der Waals surface area contributed by atoms with Crippen molar-refractivity contribution in [3.05, 3.63) is 60.8 Å². The van der Waals surface area contributed by atoms with E-state index in [0.29, 0.717) is 6.42 Å². The average Bonchev–Trinajstić information content (AvgIpc) is 2.63. The molecule has 0 unspecified atom stereocenters. The molecule has 3 aromatic rings. The third-order valence-corrected chi connectivity index (χ3v) is 4.58. The Kier molecular flexibility index (Phi) is 5.33. The number of methoxy groups -OCH3 is 1. The van der Waals surface area contributed by atoms with E-state index in [1.165, 1.54) is 0 Å². The van der Waals surface area contributed by atoms with Gasteiger partial charge in [0.25, 0.3) is 0 Å². The smallest absolute Gasteiger partial charge is 0.225 e. The Balaban J connectivity index is 1.55. The molecule has 0 spiro atoms. The number of rotatable bonds is 6. The fourth-order valence-electron chi connectivity index (χ4n) is 2.35. The van der Waals surface area contributed by atoms with Crippen LogP contribution in [0.15, 0.2) is 65.7 Å². The summed E-state index contributed by atoms with van der Waals surface area (Å²) in [5.41, 5.74) is 1.57. The molecule has 0 aliphatic carbocycles. The minimum absolute atomic E-state index is 0.00540. The molecule has 0 atom stereocenters. The van der Waals surface area contributed by atoms with Crippen LogP contribution in [0.3, 0.4) is 0 Å². The third kappa shape index (κ3) is 4.06. The van der Waals surface area contributed by atoms with E-state index in [9.17, 15) is 4.79 Å². The van der Waals surface area contributed by atoms with E-state index < -0.39 is 0 Å². The third-order valence-electron chi connectivity index (χ3n) is 3.56. The molecule has 4 nitrogen and oxygen atoms in total. The van der Waals surface area contributed by atoms with Crippen LogP contribution in [0.25, 0.3) is 10.9 Å². The van der Waals surface area contributed by atoms with Gasteiger partial charge in [0.05, 0.1) is 18.3 Å². The van der Waals surface area contributed by atoms with Gasteiger partial charge in [-0.1, -0.05) is 18.2 Å². The minimum Gasteiger partial charge on any atom is -0.497 e. The van der Waals surface area contributed by atoms with Gasteiger partial charge in [-0.25, -0.2) is 0 Å². The number of nitrogens with one attached hydrogen (secondary N) is 1. The number of para-hydroxylation sites is 1. The maximum absolute atomic E-state index is 12.2. The summed E-state index contributed by atoms with van der Waals surface area (Å²) in [6.07, 6.45) is 2.18. The molecule has 0 radical (unpaired) electrons. The van der Waals surface area contributed by atoms with Gasteiger partial charge in [-0.3, -0.25) is 9.78 Å². The maximum Gasteiger partial charge on any atom is 0.225 e. The molecule has 5 heteroatoms. The summed E-state index contributed by atoms with van der Waals surface area (Å²) < 4.78 is 5.13. The first-order valence-electron chi connectivity index (χ1n) is 7.67. The standard InChI is InChI=1S/C19H18N2O2S/c1-23-15-7-9-16(10-8-15)24-13-11-18(22)21-17-6-2-4-14-5-3-12-20-19(14)17/h2-10,12H,11,13H2,1H3,(H,21,22). The second kappa shape index (κ2) is 7.84. The van der Waals surface area contributed by atoms with Crippen molar-refractivity contribution < 1.29 is 9.53 Å². The van der Waals surface area contributed by atoms with Crippen LogP contribution in [0.4, 0.5) is 5.69 Å². The van der Waals surface area contributed by atoms with Crippen LogP contribution >= 0.6 is 11.8 Å². The summed E-state index contributed by atoms with van der Waals surface area (Å²) in [6.45, 7) is 0. The van der Waals surface area contributed by atoms with Crippen LogP contribution < -0.4 is 10.1 Å². The number of benzene rings is 2. The maximum atomic E-state index is 12.2. The lowest BCUT2D eigenvalue weighted by Crippen LogP contribution is -2.12. The molecule has 1 amide bonds. The highest BCUT2D eigenvalue weighted by atomic mass is 32.2. The summed E-state index contributed by atoms with van der Waals surface area (Å²) in [6, 6.07) is 17.5. The van der Waals surface area contributed by atoms with Gasteiger partial charge in [-0.2, -0.15) is 0 Å². The summed E-state index contributed by atoms with van der Waals surface area (Å²) in [4.78, 5) is 17.6. The van der Waals surface area contributed by atoms with Crippen LogP contribution in [0, 0.1) is 0 Å². The number of fused-ring (bicyclic) bond motifs is 1. The molecule has 24 heavy (non-hydrogen) atoms. The Bertz CT molecular complexity index is 829. The first kappa shape index (κ1) is 16.3. The molecule has 0 saturated carbocycles. The molecule has 0 aliphatic heterocycles. The fraction of sp³-hybridized carbons (Fsp3) is 0.158. The van der Waals surface area contributed by atoms with Gasteiger partial charge in [-0.15, -0.1) is 11.8 Å². The number of carbonyl (C=O) groups is 1. The molecule has 0 saturated heterocycles. The van der Waals surface area contributed by atoms with Crippen molar-refractivity contribution >= 4 is 34.3 Å². The molecule has 2 aromatic carbocycles. The number of thioether (sulfide) groups is 1. The molecule has 1 aromatic heterocycles. The SMILES string of the molecule is COc1ccc(SCCC(=O)Nc2cccc3cccnc23)cc1. The Hall–Kier alpha value is -2.53. The largest absolute Gasteiger partial charge is 0.497 e. The Morgan fingerprint density at radius 1 is 1.12 bits per heavy atom. The van der Waals surface area contributed by atoms with Gasteiger partial charge in [0.1, 0.15) is 5.75 Å². The zero-order valence-corrected chi connectivity index (χ0v) is 14.2. The number of amides is 1. The normalized spacial score (nSPS) is 10.5. The van der Waals surface area contributed by atoms with Crippen LogP contribution in [0.2, 0.25) is 0 Å². The molecule has 0 bridgehead atoms. The fourth-order valence-corrected chi connectivity index (χ4v) is 3.20. The molecular weight excluding hydrogens is 320 g/mol. The highest BCUT2D eigenvalue weighted by Gasteiger charge is 2.07. The minimum atomic E-state index is -0.00540. The van der Waals surface area contributed by atoms with E-state index >= 15 is 0 Å². The van der Waals surface area contributed by atoms with Gasteiger partial charge in [0, 0.05) is 28.7 Å². The van der Waals surface area contributed by atoms with Crippen molar-refractivity contribution in [2.75, 3.05) is 18.2 Å². The van der Waals surface area contributed by atoms with Crippen molar-refractivity contribution in [3.8, 4) is 5.75 Å². The second-order valence-electron chi connectivity index (χ2n) is 5.20. The lowest BCUT2D eigenvalue weighted by molar-refractivity contribution is -0.115. The summed E-state index contributed by atoms with van der Waals surface area (Å²) in [5, 5.41) is 3.97. The number of pyridine rings is 1. The first-order chi connectivity index (χ1) is 11.8. The Morgan fingerprint density at radius 2 is 1.92 bits per heavy atom.